The fraction of sp³-hybridized carbons (Fsp3) is 0.273. The molecule has 0 saturated carbocycles. The molecule has 3 aromatic rings. The SMILES string of the molecule is CCc1nc(NCc2ccccc2)nc(N2c3cccc(C(N)=O)c3CC2C)n1. The van der Waals surface area contributed by atoms with Crippen LogP contribution in [-0.2, 0) is 19.4 Å². The molecule has 0 saturated heterocycles. The summed E-state index contributed by atoms with van der Waals surface area (Å²) in [5.41, 5.74) is 9.16. The van der Waals surface area contributed by atoms with Gasteiger partial charge in [0.15, 0.2) is 0 Å². The van der Waals surface area contributed by atoms with Gasteiger partial charge in [0.25, 0.3) is 0 Å². The number of amides is 1. The minimum Gasteiger partial charge on any atom is -0.366 e. The van der Waals surface area contributed by atoms with Crippen LogP contribution in [0.15, 0.2) is 48.5 Å². The summed E-state index contributed by atoms with van der Waals surface area (Å²) in [5.74, 6) is 1.44. The van der Waals surface area contributed by atoms with Crippen LogP contribution in [0.2, 0.25) is 0 Å². The molecular weight excluding hydrogens is 364 g/mol. The number of anilines is 3. The number of aryl methyl sites for hydroxylation is 1. The topological polar surface area (TPSA) is 97.0 Å². The fourth-order valence-corrected chi connectivity index (χ4v) is 3.70. The van der Waals surface area contributed by atoms with Gasteiger partial charge in [-0.25, -0.2) is 0 Å². The van der Waals surface area contributed by atoms with Crippen molar-refractivity contribution in [1.29, 1.82) is 0 Å². The first kappa shape index (κ1) is 18.9. The third-order valence-corrected chi connectivity index (χ3v) is 5.11. The highest BCUT2D eigenvalue weighted by atomic mass is 16.1. The second-order valence-electron chi connectivity index (χ2n) is 7.16. The average Bonchev–Trinajstić information content (AvgIpc) is 3.08. The second kappa shape index (κ2) is 7.87. The highest BCUT2D eigenvalue weighted by molar-refractivity contribution is 5.97. The van der Waals surface area contributed by atoms with E-state index in [4.69, 9.17) is 5.73 Å². The van der Waals surface area contributed by atoms with Gasteiger partial charge >= 0.3 is 0 Å². The minimum atomic E-state index is -0.411. The number of aromatic nitrogens is 3. The summed E-state index contributed by atoms with van der Waals surface area (Å²) in [6.45, 7) is 4.75. The predicted octanol–water partition coefficient (Wildman–Crippen LogP) is 3.23. The van der Waals surface area contributed by atoms with Crippen LogP contribution in [0.5, 0.6) is 0 Å². The van der Waals surface area contributed by atoms with Crippen LogP contribution in [0.1, 0.15) is 41.2 Å². The van der Waals surface area contributed by atoms with Gasteiger partial charge in [-0.05, 0) is 36.6 Å². The van der Waals surface area contributed by atoms with Crippen molar-refractivity contribution in [1.82, 2.24) is 15.0 Å². The first-order valence-electron chi connectivity index (χ1n) is 9.80. The first-order chi connectivity index (χ1) is 14.1. The maximum absolute atomic E-state index is 11.8. The Labute approximate surface area is 170 Å². The van der Waals surface area contributed by atoms with Gasteiger partial charge in [-0.15, -0.1) is 0 Å². The van der Waals surface area contributed by atoms with Gasteiger partial charge in [-0.1, -0.05) is 43.3 Å². The number of carbonyl (C=O) groups is 1. The molecule has 0 spiro atoms. The Balaban J connectivity index is 1.68. The highest BCUT2D eigenvalue weighted by Gasteiger charge is 2.32. The van der Waals surface area contributed by atoms with Crippen molar-refractivity contribution in [3.63, 3.8) is 0 Å². The van der Waals surface area contributed by atoms with E-state index in [0.717, 1.165) is 22.6 Å². The van der Waals surface area contributed by atoms with E-state index < -0.39 is 5.91 Å². The Kier molecular flexibility index (Phi) is 5.12. The van der Waals surface area contributed by atoms with Crippen molar-refractivity contribution >= 4 is 23.5 Å². The van der Waals surface area contributed by atoms with Gasteiger partial charge in [0.2, 0.25) is 17.8 Å². The monoisotopic (exact) mass is 388 g/mol. The van der Waals surface area contributed by atoms with Crippen molar-refractivity contribution in [2.75, 3.05) is 10.2 Å². The lowest BCUT2D eigenvalue weighted by Gasteiger charge is -2.23. The van der Waals surface area contributed by atoms with Gasteiger partial charge in [0.05, 0.1) is 0 Å². The maximum atomic E-state index is 11.8. The van der Waals surface area contributed by atoms with Crippen molar-refractivity contribution in [2.45, 2.75) is 39.3 Å². The van der Waals surface area contributed by atoms with Crippen LogP contribution in [0.3, 0.4) is 0 Å². The molecule has 2 aromatic carbocycles. The average molecular weight is 388 g/mol. The molecule has 1 aromatic heterocycles. The molecule has 1 unspecified atom stereocenters. The number of hydrogen-bond acceptors (Lipinski definition) is 6. The number of hydrogen-bond donors (Lipinski definition) is 2. The number of primary amides is 1. The molecule has 29 heavy (non-hydrogen) atoms. The molecule has 3 N–H and O–H groups in total. The summed E-state index contributed by atoms with van der Waals surface area (Å²) in [6, 6.07) is 15.8. The lowest BCUT2D eigenvalue weighted by molar-refractivity contribution is 0.0999. The Morgan fingerprint density at radius 3 is 2.66 bits per heavy atom. The molecule has 7 heteroatoms. The molecular formula is C22H24N6O. The largest absolute Gasteiger partial charge is 0.366 e. The molecule has 1 aliphatic rings. The summed E-state index contributed by atoms with van der Waals surface area (Å²) in [6.07, 6.45) is 1.42. The summed E-state index contributed by atoms with van der Waals surface area (Å²) in [7, 11) is 0. The molecule has 1 amide bonds. The first-order valence-corrected chi connectivity index (χ1v) is 9.80. The quantitative estimate of drug-likeness (QED) is 0.673. The molecule has 148 valence electrons. The Bertz CT molecular complexity index is 1040. The van der Waals surface area contributed by atoms with E-state index in [9.17, 15) is 4.79 Å². The minimum absolute atomic E-state index is 0.111. The van der Waals surface area contributed by atoms with E-state index in [-0.39, 0.29) is 6.04 Å². The molecule has 0 bridgehead atoms. The van der Waals surface area contributed by atoms with Crippen LogP contribution in [0.25, 0.3) is 0 Å². The zero-order valence-electron chi connectivity index (χ0n) is 16.6. The number of nitrogens with two attached hydrogens (primary N) is 1. The summed E-state index contributed by atoms with van der Waals surface area (Å²) in [5, 5.41) is 3.30. The highest BCUT2D eigenvalue weighted by Crippen LogP contribution is 2.38. The molecule has 2 heterocycles. The Hall–Kier alpha value is -3.48. The van der Waals surface area contributed by atoms with Gasteiger partial charge in [-0.3, -0.25) is 4.79 Å². The van der Waals surface area contributed by atoms with E-state index in [1.54, 1.807) is 6.07 Å². The molecule has 0 fully saturated rings. The molecule has 4 rings (SSSR count). The summed E-state index contributed by atoms with van der Waals surface area (Å²) >= 11 is 0. The van der Waals surface area contributed by atoms with E-state index in [1.807, 2.05) is 37.3 Å². The molecule has 1 aliphatic heterocycles. The van der Waals surface area contributed by atoms with Crippen molar-refractivity contribution < 1.29 is 4.79 Å². The third kappa shape index (κ3) is 3.76. The number of rotatable bonds is 6. The summed E-state index contributed by atoms with van der Waals surface area (Å²) in [4.78, 5) is 27.8. The third-order valence-electron chi connectivity index (χ3n) is 5.11. The molecule has 7 nitrogen and oxygen atoms in total. The van der Waals surface area contributed by atoms with E-state index in [1.165, 1.54) is 0 Å². The van der Waals surface area contributed by atoms with Crippen LogP contribution in [-0.4, -0.2) is 26.9 Å². The van der Waals surface area contributed by atoms with Crippen molar-refractivity contribution in [2.24, 2.45) is 5.73 Å². The van der Waals surface area contributed by atoms with Crippen LogP contribution in [0, 0.1) is 0 Å². The maximum Gasteiger partial charge on any atom is 0.249 e. The van der Waals surface area contributed by atoms with Crippen LogP contribution in [0.4, 0.5) is 17.6 Å². The smallest absolute Gasteiger partial charge is 0.249 e. The van der Waals surface area contributed by atoms with Crippen molar-refractivity contribution in [3.8, 4) is 0 Å². The van der Waals surface area contributed by atoms with E-state index in [0.29, 0.717) is 36.8 Å². The normalized spacial score (nSPS) is 15.2. The lowest BCUT2D eigenvalue weighted by Crippen LogP contribution is -2.27. The van der Waals surface area contributed by atoms with Gasteiger partial charge in [0, 0.05) is 30.3 Å². The van der Waals surface area contributed by atoms with Gasteiger partial charge < -0.3 is 16.0 Å². The number of benzene rings is 2. The second-order valence-corrected chi connectivity index (χ2v) is 7.16. The molecule has 1 atom stereocenters. The molecule has 0 aliphatic carbocycles. The summed E-state index contributed by atoms with van der Waals surface area (Å²) < 4.78 is 0. The van der Waals surface area contributed by atoms with Crippen molar-refractivity contribution in [3.05, 3.63) is 71.0 Å². The lowest BCUT2D eigenvalue weighted by atomic mass is 10.0. The van der Waals surface area contributed by atoms with E-state index >= 15 is 0 Å². The Morgan fingerprint density at radius 1 is 1.14 bits per heavy atom. The fourth-order valence-electron chi connectivity index (χ4n) is 3.70. The standard InChI is InChI=1S/C22H24N6O/c1-3-19-25-21(24-13-15-8-5-4-6-9-15)27-22(26-19)28-14(2)12-17-16(20(23)29)10-7-11-18(17)28/h4-11,14H,3,12-13H2,1-2H3,(H2,23,29)(H,24,25,26,27). The van der Waals surface area contributed by atoms with Gasteiger partial charge in [-0.2, -0.15) is 15.0 Å². The van der Waals surface area contributed by atoms with E-state index in [2.05, 4.69) is 44.2 Å². The number of fused-ring (bicyclic) bond motifs is 1. The Morgan fingerprint density at radius 2 is 1.93 bits per heavy atom. The van der Waals surface area contributed by atoms with Crippen LogP contribution < -0.4 is 16.0 Å². The zero-order valence-corrected chi connectivity index (χ0v) is 16.6. The predicted molar refractivity (Wildman–Crippen MR) is 113 cm³/mol. The van der Waals surface area contributed by atoms with Crippen LogP contribution >= 0.6 is 0 Å². The number of nitrogens with zero attached hydrogens (tertiary/aromatic N) is 4. The molecule has 0 radical (unpaired) electrons. The van der Waals surface area contributed by atoms with Gasteiger partial charge in [0.1, 0.15) is 5.82 Å². The zero-order chi connectivity index (χ0) is 20.4. The number of carbonyl (C=O) groups excluding carboxylic acids is 1. The number of nitrogens with one attached hydrogen (secondary N) is 1.